The molecule has 6 heteroatoms. The molecular weight excluding hydrogens is 428 g/mol. The van der Waals surface area contributed by atoms with E-state index in [1.54, 1.807) is 4.90 Å². The molecule has 1 aromatic carbocycles. The predicted octanol–water partition coefficient (Wildman–Crippen LogP) is 3.96. The molecule has 2 aromatic rings. The van der Waals surface area contributed by atoms with E-state index in [1.165, 1.54) is 16.7 Å². The van der Waals surface area contributed by atoms with Gasteiger partial charge < -0.3 is 10.0 Å². The number of carbonyl (C=O) groups excluding carboxylic acids is 1. The Kier molecular flexibility index (Phi) is 5.53. The summed E-state index contributed by atoms with van der Waals surface area (Å²) < 4.78 is 1.01. The number of aliphatic hydroxyl groups excluding tert-OH is 1. The second-order valence-corrected chi connectivity index (χ2v) is 8.75. The van der Waals surface area contributed by atoms with Gasteiger partial charge in [-0.05, 0) is 82.4 Å². The molecule has 1 saturated heterocycles. The monoisotopic (exact) mass is 448 g/mol. The topological polar surface area (TPSA) is 53.4 Å². The van der Waals surface area contributed by atoms with Crippen molar-refractivity contribution < 1.29 is 9.90 Å². The molecule has 1 atom stereocenters. The van der Waals surface area contributed by atoms with E-state index in [9.17, 15) is 4.79 Å². The number of hydrogen-bond donors (Lipinski definition) is 1. The Morgan fingerprint density at radius 1 is 1.22 bits per heavy atom. The summed E-state index contributed by atoms with van der Waals surface area (Å²) in [6, 6.07) is 8.41. The largest absolute Gasteiger partial charge is 0.387 e. The summed E-state index contributed by atoms with van der Waals surface area (Å²) >= 11 is 9.84. The van der Waals surface area contributed by atoms with Crippen molar-refractivity contribution in [3.8, 4) is 0 Å². The van der Waals surface area contributed by atoms with E-state index in [-0.39, 0.29) is 11.8 Å². The Bertz CT molecular complexity index is 812. The number of halogens is 2. The number of pyridine rings is 1. The molecular formula is C21H22BrClN2O2. The van der Waals surface area contributed by atoms with Gasteiger partial charge in [0.25, 0.3) is 0 Å². The number of aliphatic hydroxyl groups is 1. The molecule has 2 aliphatic rings. The van der Waals surface area contributed by atoms with Crippen LogP contribution in [0.25, 0.3) is 0 Å². The first-order chi connectivity index (χ1) is 13.1. The molecule has 1 unspecified atom stereocenters. The first-order valence-corrected chi connectivity index (χ1v) is 10.5. The summed E-state index contributed by atoms with van der Waals surface area (Å²) in [5.74, 6) is 0.455. The summed E-state index contributed by atoms with van der Waals surface area (Å²) in [6.07, 6.45) is 5.62. The Labute approximate surface area is 172 Å². The number of rotatable bonds is 2. The first-order valence-electron chi connectivity index (χ1n) is 9.38. The van der Waals surface area contributed by atoms with Crippen LogP contribution in [0.4, 0.5) is 0 Å². The van der Waals surface area contributed by atoms with Crippen LogP contribution < -0.4 is 0 Å². The van der Waals surface area contributed by atoms with Gasteiger partial charge in [0.15, 0.2) is 0 Å². The van der Waals surface area contributed by atoms with Crippen molar-refractivity contribution in [1.82, 2.24) is 9.88 Å². The first kappa shape index (κ1) is 18.9. The molecule has 1 aliphatic heterocycles. The number of benzene rings is 1. The van der Waals surface area contributed by atoms with E-state index in [4.69, 9.17) is 21.7 Å². The molecule has 1 N–H and O–H groups in total. The molecule has 0 radical (unpaired) electrons. The average molecular weight is 450 g/mol. The molecule has 1 amide bonds. The van der Waals surface area contributed by atoms with E-state index in [1.807, 2.05) is 12.3 Å². The van der Waals surface area contributed by atoms with Gasteiger partial charge >= 0.3 is 0 Å². The Balaban J connectivity index is 1.72. The summed E-state index contributed by atoms with van der Waals surface area (Å²) in [6.45, 7) is 0.971. The van der Waals surface area contributed by atoms with Crippen LogP contribution in [-0.4, -0.2) is 40.6 Å². The van der Waals surface area contributed by atoms with Gasteiger partial charge in [-0.15, -0.1) is 0 Å². The lowest BCUT2D eigenvalue weighted by Crippen LogP contribution is -2.41. The minimum absolute atomic E-state index is 0.177. The van der Waals surface area contributed by atoms with Crippen molar-refractivity contribution >= 4 is 33.4 Å². The minimum atomic E-state index is -0.409. The zero-order chi connectivity index (χ0) is 19.0. The van der Waals surface area contributed by atoms with Crippen LogP contribution in [0.1, 0.15) is 41.1 Å². The van der Waals surface area contributed by atoms with Crippen molar-refractivity contribution in [1.29, 1.82) is 0 Å². The number of piperidine rings is 1. The third kappa shape index (κ3) is 3.78. The van der Waals surface area contributed by atoms with E-state index in [0.717, 1.165) is 40.9 Å². The van der Waals surface area contributed by atoms with Gasteiger partial charge in [0.2, 0.25) is 5.91 Å². The maximum atomic E-state index is 11.8. The van der Waals surface area contributed by atoms with Gasteiger partial charge in [0, 0.05) is 34.7 Å². The van der Waals surface area contributed by atoms with Crippen molar-refractivity contribution in [2.75, 3.05) is 19.7 Å². The third-order valence-electron chi connectivity index (χ3n) is 5.87. The number of aromatic nitrogens is 1. The lowest BCUT2D eigenvalue weighted by molar-refractivity contribution is -0.135. The zero-order valence-electron chi connectivity index (χ0n) is 15.0. The normalized spacial score (nSPS) is 20.0. The molecule has 1 aliphatic carbocycles. The summed E-state index contributed by atoms with van der Waals surface area (Å²) in [5.41, 5.74) is 5.07. The van der Waals surface area contributed by atoms with Crippen molar-refractivity contribution in [2.45, 2.75) is 31.6 Å². The Morgan fingerprint density at radius 3 is 2.70 bits per heavy atom. The van der Waals surface area contributed by atoms with Crippen LogP contribution in [0.15, 0.2) is 34.9 Å². The van der Waals surface area contributed by atoms with Crippen molar-refractivity contribution in [2.24, 2.45) is 5.92 Å². The van der Waals surface area contributed by atoms with Crippen LogP contribution in [0, 0.1) is 5.92 Å². The fourth-order valence-corrected chi connectivity index (χ4v) is 5.12. The van der Waals surface area contributed by atoms with Crippen LogP contribution in [0.5, 0.6) is 0 Å². The summed E-state index contributed by atoms with van der Waals surface area (Å²) in [4.78, 5) is 18.4. The number of hydrogen-bond acceptors (Lipinski definition) is 3. The van der Waals surface area contributed by atoms with Crippen LogP contribution in [-0.2, 0) is 17.6 Å². The van der Waals surface area contributed by atoms with Gasteiger partial charge in [-0.3, -0.25) is 9.78 Å². The van der Waals surface area contributed by atoms with Crippen LogP contribution >= 0.6 is 27.5 Å². The fourth-order valence-electron chi connectivity index (χ4n) is 4.54. The molecule has 0 spiro atoms. The summed E-state index contributed by atoms with van der Waals surface area (Å²) in [7, 11) is 0. The number of aryl methyl sites for hydroxylation is 2. The van der Waals surface area contributed by atoms with E-state index >= 15 is 0 Å². The van der Waals surface area contributed by atoms with Crippen LogP contribution in [0.3, 0.4) is 0 Å². The number of amides is 1. The third-order valence-corrected chi connectivity index (χ3v) is 6.53. The standard InChI is InChI=1S/C21H22BrClN2O2/c22-16-9-15-2-1-14-10-17(23)3-4-18(14)20(21(15)24-11-16)13-5-7-25(8-6-13)19(27)12-26/h3-4,9-11,13,20,26H,1-2,5-8,12H2. The number of likely N-dealkylation sites (tertiary alicyclic amines) is 1. The molecule has 27 heavy (non-hydrogen) atoms. The second-order valence-electron chi connectivity index (χ2n) is 7.40. The van der Waals surface area contributed by atoms with Crippen molar-refractivity contribution in [3.05, 3.63) is 62.3 Å². The molecule has 0 saturated carbocycles. The van der Waals surface area contributed by atoms with Crippen LogP contribution in [0.2, 0.25) is 5.02 Å². The van der Waals surface area contributed by atoms with Gasteiger partial charge in [0.1, 0.15) is 6.61 Å². The Hall–Kier alpha value is -1.43. The number of carbonyl (C=O) groups is 1. The van der Waals surface area contributed by atoms with Crippen molar-refractivity contribution in [3.63, 3.8) is 0 Å². The maximum absolute atomic E-state index is 11.8. The minimum Gasteiger partial charge on any atom is -0.387 e. The molecule has 4 nitrogen and oxygen atoms in total. The SMILES string of the molecule is O=C(CO)N1CCC(C2c3ccc(Cl)cc3CCc3cc(Br)cnc32)CC1. The van der Waals surface area contributed by atoms with Gasteiger partial charge in [-0.2, -0.15) is 0 Å². The lowest BCUT2D eigenvalue weighted by atomic mass is 9.76. The second kappa shape index (κ2) is 7.90. The van der Waals surface area contributed by atoms with E-state index in [2.05, 4.69) is 34.1 Å². The molecule has 1 aromatic heterocycles. The smallest absolute Gasteiger partial charge is 0.248 e. The molecule has 4 rings (SSSR count). The highest BCUT2D eigenvalue weighted by Crippen LogP contribution is 2.43. The molecule has 142 valence electrons. The highest BCUT2D eigenvalue weighted by atomic mass is 79.9. The molecule has 1 fully saturated rings. The average Bonchev–Trinajstić information content (AvgIpc) is 2.83. The maximum Gasteiger partial charge on any atom is 0.248 e. The highest BCUT2D eigenvalue weighted by molar-refractivity contribution is 9.10. The predicted molar refractivity (Wildman–Crippen MR) is 109 cm³/mol. The fraction of sp³-hybridized carbons (Fsp3) is 0.429. The summed E-state index contributed by atoms with van der Waals surface area (Å²) in [5, 5.41) is 9.91. The lowest BCUT2D eigenvalue weighted by Gasteiger charge is -2.36. The van der Waals surface area contributed by atoms with Gasteiger partial charge in [-0.1, -0.05) is 17.7 Å². The van der Waals surface area contributed by atoms with E-state index in [0.29, 0.717) is 19.0 Å². The Morgan fingerprint density at radius 2 is 1.96 bits per heavy atom. The quantitative estimate of drug-likeness (QED) is 0.755. The van der Waals surface area contributed by atoms with Gasteiger partial charge in [0.05, 0.1) is 5.69 Å². The molecule has 2 heterocycles. The zero-order valence-corrected chi connectivity index (χ0v) is 17.3. The van der Waals surface area contributed by atoms with E-state index < -0.39 is 6.61 Å². The number of nitrogens with zero attached hydrogens (tertiary/aromatic N) is 2. The molecule has 0 bridgehead atoms. The number of fused-ring (bicyclic) bond motifs is 2. The highest BCUT2D eigenvalue weighted by Gasteiger charge is 2.34. The van der Waals surface area contributed by atoms with Gasteiger partial charge in [-0.25, -0.2) is 0 Å².